The normalized spacial score (nSPS) is 12.4. The zero-order valence-corrected chi connectivity index (χ0v) is 11.8. The average molecular weight is 317 g/mol. The number of nitrogens with one attached hydrogen (secondary N) is 1. The van der Waals surface area contributed by atoms with Gasteiger partial charge in [-0.15, -0.1) is 0 Å². The molecule has 2 aromatic carbocycles. The highest BCUT2D eigenvalue weighted by molar-refractivity contribution is 6.31. The molecule has 0 aromatic heterocycles. The molecule has 1 atom stereocenters. The van der Waals surface area contributed by atoms with Crippen molar-refractivity contribution in [3.8, 4) is 0 Å². The van der Waals surface area contributed by atoms with Crippen LogP contribution in [0.5, 0.6) is 0 Å². The number of nitrogens with two attached hydrogens (primary N) is 1. The molecule has 0 aliphatic rings. The SMILES string of the molecule is NNC(Cc1cccc(F)c1Cl)c1ccc(F)c(Cl)c1. The molecule has 0 amide bonds. The lowest BCUT2D eigenvalue weighted by atomic mass is 9.99. The maximum Gasteiger partial charge on any atom is 0.142 e. The second-order valence-corrected chi connectivity index (χ2v) is 5.10. The number of hydrazine groups is 1. The van der Waals surface area contributed by atoms with Gasteiger partial charge in [-0.1, -0.05) is 41.4 Å². The van der Waals surface area contributed by atoms with E-state index >= 15 is 0 Å². The third-order valence-electron chi connectivity index (χ3n) is 3.00. The van der Waals surface area contributed by atoms with Gasteiger partial charge in [0.1, 0.15) is 11.6 Å². The number of halogens is 4. The fourth-order valence-electron chi connectivity index (χ4n) is 1.93. The summed E-state index contributed by atoms with van der Waals surface area (Å²) in [6, 6.07) is 8.52. The molecular formula is C14H12Cl2F2N2. The zero-order chi connectivity index (χ0) is 14.7. The Bertz CT molecular complexity index is 620. The predicted molar refractivity (Wildman–Crippen MR) is 76.6 cm³/mol. The summed E-state index contributed by atoms with van der Waals surface area (Å²) in [5.41, 5.74) is 3.90. The van der Waals surface area contributed by atoms with Crippen molar-refractivity contribution in [3.05, 3.63) is 69.2 Å². The fraction of sp³-hybridized carbons (Fsp3) is 0.143. The van der Waals surface area contributed by atoms with Gasteiger partial charge in [0, 0.05) is 0 Å². The lowest BCUT2D eigenvalue weighted by Gasteiger charge is -2.17. The molecule has 0 spiro atoms. The van der Waals surface area contributed by atoms with Gasteiger partial charge >= 0.3 is 0 Å². The lowest BCUT2D eigenvalue weighted by molar-refractivity contribution is 0.546. The fourth-order valence-corrected chi connectivity index (χ4v) is 2.32. The first kappa shape index (κ1) is 15.2. The summed E-state index contributed by atoms with van der Waals surface area (Å²) >= 11 is 11.7. The summed E-state index contributed by atoms with van der Waals surface area (Å²) in [5.74, 6) is 4.51. The van der Waals surface area contributed by atoms with Gasteiger partial charge in [-0.2, -0.15) is 0 Å². The van der Waals surface area contributed by atoms with E-state index in [1.54, 1.807) is 18.2 Å². The van der Waals surface area contributed by atoms with Gasteiger partial charge in [0.15, 0.2) is 0 Å². The van der Waals surface area contributed by atoms with Crippen molar-refractivity contribution in [2.75, 3.05) is 0 Å². The van der Waals surface area contributed by atoms with Crippen molar-refractivity contribution in [1.29, 1.82) is 0 Å². The summed E-state index contributed by atoms with van der Waals surface area (Å²) in [4.78, 5) is 0. The molecule has 0 bridgehead atoms. The third-order valence-corrected chi connectivity index (χ3v) is 3.72. The first-order valence-electron chi connectivity index (χ1n) is 5.87. The quantitative estimate of drug-likeness (QED) is 0.660. The molecule has 0 aliphatic carbocycles. The summed E-state index contributed by atoms with van der Waals surface area (Å²) in [6.07, 6.45) is 0.356. The molecule has 0 saturated heterocycles. The van der Waals surface area contributed by atoms with Gasteiger partial charge in [-0.05, 0) is 35.7 Å². The minimum atomic E-state index is -0.505. The van der Waals surface area contributed by atoms with Crippen molar-refractivity contribution in [3.63, 3.8) is 0 Å². The zero-order valence-electron chi connectivity index (χ0n) is 10.3. The van der Waals surface area contributed by atoms with E-state index in [1.807, 2.05) is 0 Å². The van der Waals surface area contributed by atoms with Crippen LogP contribution < -0.4 is 11.3 Å². The van der Waals surface area contributed by atoms with Crippen LogP contribution in [-0.4, -0.2) is 0 Å². The number of hydrogen-bond acceptors (Lipinski definition) is 2. The van der Waals surface area contributed by atoms with E-state index in [0.29, 0.717) is 17.5 Å². The Balaban J connectivity index is 2.28. The van der Waals surface area contributed by atoms with Crippen LogP contribution in [-0.2, 0) is 6.42 Å². The van der Waals surface area contributed by atoms with Gasteiger partial charge < -0.3 is 0 Å². The highest BCUT2D eigenvalue weighted by Gasteiger charge is 2.15. The molecule has 0 fully saturated rings. The Labute approximate surface area is 125 Å². The molecule has 1 unspecified atom stereocenters. The Hall–Kier alpha value is -1.20. The standard InChI is InChI=1S/C14H12Cl2F2N2/c15-10-6-8(4-5-11(10)17)13(20-19)7-9-2-1-3-12(18)14(9)16/h1-6,13,20H,7,19H2. The van der Waals surface area contributed by atoms with Crippen molar-refractivity contribution >= 4 is 23.2 Å². The first-order chi connectivity index (χ1) is 9.52. The van der Waals surface area contributed by atoms with Crippen LogP contribution in [0, 0.1) is 11.6 Å². The van der Waals surface area contributed by atoms with Crippen molar-refractivity contribution in [2.24, 2.45) is 5.84 Å². The van der Waals surface area contributed by atoms with Crippen LogP contribution in [0.1, 0.15) is 17.2 Å². The minimum absolute atomic E-state index is 0.00749. The van der Waals surface area contributed by atoms with Gasteiger partial charge in [0.25, 0.3) is 0 Å². The topological polar surface area (TPSA) is 38.0 Å². The Kier molecular flexibility index (Phi) is 4.94. The van der Waals surface area contributed by atoms with E-state index in [1.165, 1.54) is 18.2 Å². The monoisotopic (exact) mass is 316 g/mol. The highest BCUT2D eigenvalue weighted by atomic mass is 35.5. The van der Waals surface area contributed by atoms with E-state index in [4.69, 9.17) is 29.0 Å². The second kappa shape index (κ2) is 6.50. The Morgan fingerprint density at radius 2 is 1.85 bits per heavy atom. The van der Waals surface area contributed by atoms with E-state index in [-0.39, 0.29) is 16.1 Å². The molecule has 6 heteroatoms. The second-order valence-electron chi connectivity index (χ2n) is 4.31. The van der Waals surface area contributed by atoms with Crippen LogP contribution >= 0.6 is 23.2 Å². The van der Waals surface area contributed by atoms with Gasteiger partial charge in [0.2, 0.25) is 0 Å². The van der Waals surface area contributed by atoms with E-state index in [9.17, 15) is 8.78 Å². The summed E-state index contributed by atoms with van der Waals surface area (Å²) in [7, 11) is 0. The Morgan fingerprint density at radius 1 is 1.10 bits per heavy atom. The molecule has 106 valence electrons. The number of rotatable bonds is 4. The molecule has 2 aromatic rings. The van der Waals surface area contributed by atoms with Gasteiger partial charge in [0.05, 0.1) is 16.1 Å². The Morgan fingerprint density at radius 3 is 2.50 bits per heavy atom. The average Bonchev–Trinajstić information content (AvgIpc) is 2.44. The van der Waals surface area contributed by atoms with Crippen LogP contribution in [0.4, 0.5) is 8.78 Å². The molecule has 0 saturated carbocycles. The minimum Gasteiger partial charge on any atom is -0.271 e. The molecule has 3 N–H and O–H groups in total. The van der Waals surface area contributed by atoms with Crippen molar-refractivity contribution < 1.29 is 8.78 Å². The third kappa shape index (κ3) is 3.27. The van der Waals surface area contributed by atoms with Crippen molar-refractivity contribution in [2.45, 2.75) is 12.5 Å². The van der Waals surface area contributed by atoms with E-state index < -0.39 is 11.6 Å². The van der Waals surface area contributed by atoms with E-state index in [0.717, 1.165) is 0 Å². The van der Waals surface area contributed by atoms with Gasteiger partial charge in [-0.3, -0.25) is 11.3 Å². The lowest BCUT2D eigenvalue weighted by Crippen LogP contribution is -2.29. The number of benzene rings is 2. The van der Waals surface area contributed by atoms with E-state index in [2.05, 4.69) is 5.43 Å². The highest BCUT2D eigenvalue weighted by Crippen LogP contribution is 2.27. The van der Waals surface area contributed by atoms with Crippen LogP contribution in [0.3, 0.4) is 0 Å². The molecule has 20 heavy (non-hydrogen) atoms. The maximum atomic E-state index is 13.4. The van der Waals surface area contributed by atoms with Crippen LogP contribution in [0.15, 0.2) is 36.4 Å². The number of hydrogen-bond donors (Lipinski definition) is 2. The van der Waals surface area contributed by atoms with Gasteiger partial charge in [-0.25, -0.2) is 8.78 Å². The summed E-state index contributed by atoms with van der Waals surface area (Å²) in [5, 5.41) is 0.0639. The first-order valence-corrected chi connectivity index (χ1v) is 6.62. The molecular weight excluding hydrogens is 305 g/mol. The molecule has 0 heterocycles. The molecule has 0 radical (unpaired) electrons. The predicted octanol–water partition coefficient (Wildman–Crippen LogP) is 4.02. The maximum absolute atomic E-state index is 13.4. The van der Waals surface area contributed by atoms with Crippen LogP contribution in [0.25, 0.3) is 0 Å². The largest absolute Gasteiger partial charge is 0.271 e. The molecule has 2 nitrogen and oxygen atoms in total. The molecule has 2 rings (SSSR count). The molecule has 0 aliphatic heterocycles. The summed E-state index contributed by atoms with van der Waals surface area (Å²) < 4.78 is 26.6. The summed E-state index contributed by atoms with van der Waals surface area (Å²) in [6.45, 7) is 0. The van der Waals surface area contributed by atoms with Crippen LogP contribution in [0.2, 0.25) is 10.0 Å². The smallest absolute Gasteiger partial charge is 0.142 e. The van der Waals surface area contributed by atoms with Crippen molar-refractivity contribution in [1.82, 2.24) is 5.43 Å².